The van der Waals surface area contributed by atoms with Crippen LogP contribution in [0.3, 0.4) is 0 Å². The highest BCUT2D eigenvalue weighted by Crippen LogP contribution is 2.30. The number of anilines is 1. The molecule has 0 saturated carbocycles. The number of hydrogen-bond acceptors (Lipinski definition) is 4. The normalized spacial score (nSPS) is 11.0. The zero-order valence-electron chi connectivity index (χ0n) is 18.6. The van der Waals surface area contributed by atoms with E-state index in [1.54, 1.807) is 25.3 Å². The fourth-order valence-corrected chi connectivity index (χ4v) is 3.45. The van der Waals surface area contributed by atoms with Crippen molar-refractivity contribution in [3.63, 3.8) is 0 Å². The van der Waals surface area contributed by atoms with Crippen LogP contribution in [0.5, 0.6) is 11.5 Å². The molecule has 2 aromatic heterocycles. The number of carbonyl (C=O) groups is 1. The first-order chi connectivity index (χ1) is 16.1. The van der Waals surface area contributed by atoms with Gasteiger partial charge in [0, 0.05) is 17.8 Å². The minimum Gasteiger partial charge on any atom is -0.493 e. The van der Waals surface area contributed by atoms with Crippen molar-refractivity contribution in [1.82, 2.24) is 9.38 Å². The number of aryl methyl sites for hydroxylation is 1. The van der Waals surface area contributed by atoms with Crippen LogP contribution in [-0.2, 0) is 4.79 Å². The first-order valence-corrected chi connectivity index (χ1v) is 10.5. The molecule has 4 aromatic rings. The number of fused-ring (bicyclic) bond motifs is 1. The quantitative estimate of drug-likeness (QED) is 0.289. The van der Waals surface area contributed by atoms with Crippen molar-refractivity contribution in [2.45, 2.75) is 6.92 Å². The van der Waals surface area contributed by atoms with Crippen LogP contribution in [0.4, 0.5) is 5.82 Å². The summed E-state index contributed by atoms with van der Waals surface area (Å²) in [6, 6.07) is 19.2. The van der Waals surface area contributed by atoms with Gasteiger partial charge in [-0.15, -0.1) is 0 Å². The Balaban J connectivity index is 1.61. The summed E-state index contributed by atoms with van der Waals surface area (Å²) >= 11 is 0. The topological polar surface area (TPSA) is 64.9 Å². The van der Waals surface area contributed by atoms with Gasteiger partial charge in [0.1, 0.15) is 23.8 Å². The second-order valence-electron chi connectivity index (χ2n) is 7.44. The summed E-state index contributed by atoms with van der Waals surface area (Å²) in [5.74, 6) is 1.57. The van der Waals surface area contributed by atoms with E-state index in [0.717, 1.165) is 22.3 Å². The molecule has 0 fully saturated rings. The molecule has 0 bridgehead atoms. The van der Waals surface area contributed by atoms with Gasteiger partial charge >= 0.3 is 0 Å². The van der Waals surface area contributed by atoms with Gasteiger partial charge in [-0.05, 0) is 42.3 Å². The van der Waals surface area contributed by atoms with Crippen molar-refractivity contribution in [3.8, 4) is 22.8 Å². The third kappa shape index (κ3) is 4.96. The molecule has 1 amide bonds. The molecule has 0 aliphatic carbocycles. The molecule has 1 N–H and O–H groups in total. The van der Waals surface area contributed by atoms with Gasteiger partial charge in [0.05, 0.1) is 7.11 Å². The maximum Gasteiger partial charge on any atom is 0.249 e. The largest absolute Gasteiger partial charge is 0.493 e. The van der Waals surface area contributed by atoms with Crippen LogP contribution >= 0.6 is 0 Å². The number of ether oxygens (including phenoxy) is 2. The number of pyridine rings is 1. The predicted molar refractivity (Wildman–Crippen MR) is 132 cm³/mol. The first-order valence-electron chi connectivity index (χ1n) is 10.5. The lowest BCUT2D eigenvalue weighted by atomic mass is 10.1. The van der Waals surface area contributed by atoms with Gasteiger partial charge in [0.15, 0.2) is 11.5 Å². The Morgan fingerprint density at radius 2 is 1.94 bits per heavy atom. The van der Waals surface area contributed by atoms with E-state index in [0.29, 0.717) is 29.6 Å². The van der Waals surface area contributed by atoms with E-state index < -0.39 is 0 Å². The van der Waals surface area contributed by atoms with Gasteiger partial charge in [-0.1, -0.05) is 55.1 Å². The molecule has 0 atom stereocenters. The summed E-state index contributed by atoms with van der Waals surface area (Å²) in [5, 5.41) is 3.01. The molecular weight excluding hydrogens is 414 g/mol. The van der Waals surface area contributed by atoms with Gasteiger partial charge in [-0.2, -0.15) is 0 Å². The molecule has 0 radical (unpaired) electrons. The lowest BCUT2D eigenvalue weighted by Crippen LogP contribution is -2.10. The van der Waals surface area contributed by atoms with E-state index in [2.05, 4.69) is 11.9 Å². The highest BCUT2D eigenvalue weighted by Gasteiger charge is 2.15. The Bertz CT molecular complexity index is 1320. The fourth-order valence-electron chi connectivity index (χ4n) is 3.45. The minimum atomic E-state index is -0.263. The van der Waals surface area contributed by atoms with Gasteiger partial charge < -0.3 is 14.8 Å². The van der Waals surface area contributed by atoms with Crippen LogP contribution < -0.4 is 14.8 Å². The Kier molecular flexibility index (Phi) is 6.55. The second-order valence-corrected chi connectivity index (χ2v) is 7.44. The number of methoxy groups -OCH3 is 1. The summed E-state index contributed by atoms with van der Waals surface area (Å²) in [6.07, 6.45) is 6.85. The van der Waals surface area contributed by atoms with Crippen LogP contribution in [0, 0.1) is 6.92 Å². The van der Waals surface area contributed by atoms with E-state index in [4.69, 9.17) is 14.5 Å². The monoisotopic (exact) mass is 439 g/mol. The highest BCUT2D eigenvalue weighted by molar-refractivity contribution is 6.03. The van der Waals surface area contributed by atoms with Crippen LogP contribution in [0.2, 0.25) is 0 Å². The molecule has 6 nitrogen and oxygen atoms in total. The number of rotatable bonds is 8. The van der Waals surface area contributed by atoms with Crippen molar-refractivity contribution in [1.29, 1.82) is 0 Å². The summed E-state index contributed by atoms with van der Waals surface area (Å²) in [4.78, 5) is 17.6. The maximum atomic E-state index is 12.9. The average Bonchev–Trinajstić information content (AvgIpc) is 3.19. The molecule has 6 heteroatoms. The van der Waals surface area contributed by atoms with Gasteiger partial charge in [0.25, 0.3) is 0 Å². The molecule has 4 rings (SSSR count). The Morgan fingerprint density at radius 3 is 2.70 bits per heavy atom. The van der Waals surface area contributed by atoms with E-state index >= 15 is 0 Å². The molecule has 0 aliphatic rings. The smallest absolute Gasteiger partial charge is 0.249 e. The maximum absolute atomic E-state index is 12.9. The fraction of sp³-hybridized carbons (Fsp3) is 0.111. The number of aromatic nitrogens is 2. The van der Waals surface area contributed by atoms with Crippen LogP contribution in [-0.4, -0.2) is 29.0 Å². The summed E-state index contributed by atoms with van der Waals surface area (Å²) in [6.45, 7) is 6.04. The molecule has 0 saturated heterocycles. The molecule has 0 aliphatic heterocycles. The predicted octanol–water partition coefficient (Wildman–Crippen LogP) is 5.54. The average molecular weight is 440 g/mol. The standard InChI is InChI=1S/C27H25N3O3/c1-4-16-33-22-13-11-20(17-23(22)32-3)12-15-25(31)29-27-26(21-8-6-5-7-9-21)28-24-14-10-19(2)18-30(24)27/h4-15,17-18H,1,16H2,2-3H3,(H,29,31)/b15-12+. The van der Waals surface area contributed by atoms with Crippen molar-refractivity contribution >= 4 is 23.4 Å². The third-order valence-corrected chi connectivity index (χ3v) is 5.03. The summed E-state index contributed by atoms with van der Waals surface area (Å²) in [5.41, 5.74) is 4.28. The number of amides is 1. The second kappa shape index (κ2) is 9.87. The number of nitrogens with one attached hydrogen (secondary N) is 1. The zero-order chi connectivity index (χ0) is 23.2. The number of nitrogens with zero attached hydrogens (tertiary/aromatic N) is 2. The van der Waals surface area contributed by atoms with Crippen molar-refractivity contribution < 1.29 is 14.3 Å². The Morgan fingerprint density at radius 1 is 1.12 bits per heavy atom. The molecule has 2 heterocycles. The van der Waals surface area contributed by atoms with Crippen molar-refractivity contribution in [3.05, 3.63) is 96.7 Å². The van der Waals surface area contributed by atoms with Crippen molar-refractivity contribution in [2.24, 2.45) is 0 Å². The highest BCUT2D eigenvalue weighted by atomic mass is 16.5. The van der Waals surface area contributed by atoms with Crippen LogP contribution in [0.15, 0.2) is 85.6 Å². The molecule has 33 heavy (non-hydrogen) atoms. The van der Waals surface area contributed by atoms with Gasteiger partial charge in [-0.3, -0.25) is 9.20 Å². The Hall–Kier alpha value is -4.32. The Labute approximate surface area is 192 Å². The summed E-state index contributed by atoms with van der Waals surface area (Å²) in [7, 11) is 1.58. The third-order valence-electron chi connectivity index (χ3n) is 5.03. The van der Waals surface area contributed by atoms with Crippen molar-refractivity contribution in [2.75, 3.05) is 19.0 Å². The van der Waals surface area contributed by atoms with E-state index in [-0.39, 0.29) is 5.91 Å². The van der Waals surface area contributed by atoms with Gasteiger partial charge in [-0.25, -0.2) is 4.98 Å². The van der Waals surface area contributed by atoms with E-state index in [1.807, 2.05) is 72.1 Å². The molecule has 166 valence electrons. The number of imidazole rings is 1. The zero-order valence-corrected chi connectivity index (χ0v) is 18.6. The lowest BCUT2D eigenvalue weighted by Gasteiger charge is -2.10. The van der Waals surface area contributed by atoms with Gasteiger partial charge in [0.2, 0.25) is 5.91 Å². The first kappa shape index (κ1) is 21.9. The number of hydrogen-bond donors (Lipinski definition) is 1. The summed E-state index contributed by atoms with van der Waals surface area (Å²) < 4.78 is 12.9. The molecule has 0 spiro atoms. The van der Waals surface area contributed by atoms with Crippen LogP contribution in [0.25, 0.3) is 23.0 Å². The molecule has 0 unspecified atom stereocenters. The molecular formula is C27H25N3O3. The lowest BCUT2D eigenvalue weighted by molar-refractivity contribution is -0.111. The minimum absolute atomic E-state index is 0.263. The van der Waals surface area contributed by atoms with E-state index in [1.165, 1.54) is 6.08 Å². The van der Waals surface area contributed by atoms with E-state index in [9.17, 15) is 4.79 Å². The SMILES string of the molecule is C=CCOc1ccc(/C=C/C(=O)Nc2c(-c3ccccc3)nc3ccc(C)cn23)cc1OC. The number of carbonyl (C=O) groups excluding carboxylic acids is 1. The number of benzene rings is 2. The van der Waals surface area contributed by atoms with Crippen LogP contribution in [0.1, 0.15) is 11.1 Å². The molecule has 2 aromatic carbocycles.